The highest BCUT2D eigenvalue weighted by molar-refractivity contribution is 8.93. The largest absolute Gasteiger partial charge is 0.354 e. The van der Waals surface area contributed by atoms with Crippen LogP contribution in [0.25, 0.3) is 0 Å². The molecule has 0 fully saturated rings. The maximum Gasteiger partial charge on any atom is 0.216 e. The van der Waals surface area contributed by atoms with Gasteiger partial charge in [0.05, 0.1) is 6.04 Å². The molecule has 0 radical (unpaired) electrons. The van der Waals surface area contributed by atoms with E-state index in [2.05, 4.69) is 22.8 Å². The quantitative estimate of drug-likeness (QED) is 0.856. The number of rotatable bonds is 2. The molecule has 2 rings (SSSR count). The van der Waals surface area contributed by atoms with Crippen molar-refractivity contribution in [3.8, 4) is 0 Å². The van der Waals surface area contributed by atoms with Crippen LogP contribution in [-0.4, -0.2) is 12.5 Å². The lowest BCUT2D eigenvalue weighted by molar-refractivity contribution is -0.119. The number of hydrogen-bond donors (Lipinski definition) is 2. The second-order valence-corrected chi connectivity index (χ2v) is 3.57. The summed E-state index contributed by atoms with van der Waals surface area (Å²) in [5.41, 5.74) is 2.64. The molecule has 1 aromatic rings. The number of carbonyl (C=O) groups is 1. The molecular weight excluding hydrogens is 256 g/mol. The van der Waals surface area contributed by atoms with Crippen molar-refractivity contribution in [2.75, 3.05) is 6.54 Å². The first-order valence-electron chi connectivity index (χ1n) is 4.83. The molecule has 1 amide bonds. The Morgan fingerprint density at radius 1 is 1.53 bits per heavy atom. The van der Waals surface area contributed by atoms with Gasteiger partial charge in [-0.05, 0) is 11.1 Å². The van der Waals surface area contributed by atoms with Gasteiger partial charge in [-0.3, -0.25) is 4.79 Å². The van der Waals surface area contributed by atoms with Crippen LogP contribution in [0.5, 0.6) is 0 Å². The average molecular weight is 271 g/mol. The Kier molecular flexibility index (Phi) is 4.29. The third-order valence-electron chi connectivity index (χ3n) is 2.52. The number of fused-ring (bicyclic) bond motifs is 1. The van der Waals surface area contributed by atoms with Crippen LogP contribution in [0.2, 0.25) is 0 Å². The van der Waals surface area contributed by atoms with Crippen LogP contribution < -0.4 is 10.6 Å². The van der Waals surface area contributed by atoms with E-state index < -0.39 is 0 Å². The first-order chi connectivity index (χ1) is 6.77. The molecule has 0 bridgehead atoms. The Labute approximate surface area is 100 Å². The van der Waals surface area contributed by atoms with Gasteiger partial charge in [-0.25, -0.2) is 0 Å². The molecule has 1 unspecified atom stereocenters. The molecule has 1 heterocycles. The van der Waals surface area contributed by atoms with Crippen molar-refractivity contribution in [2.24, 2.45) is 0 Å². The molecule has 1 atom stereocenters. The summed E-state index contributed by atoms with van der Waals surface area (Å²) < 4.78 is 0. The zero-order valence-corrected chi connectivity index (χ0v) is 10.3. The Hall–Kier alpha value is -0.870. The van der Waals surface area contributed by atoms with Gasteiger partial charge in [0, 0.05) is 20.0 Å². The van der Waals surface area contributed by atoms with Crippen molar-refractivity contribution in [3.63, 3.8) is 0 Å². The van der Waals surface area contributed by atoms with Crippen LogP contribution in [0.4, 0.5) is 0 Å². The van der Waals surface area contributed by atoms with E-state index in [1.807, 2.05) is 12.1 Å². The van der Waals surface area contributed by atoms with Crippen molar-refractivity contribution >= 4 is 22.9 Å². The normalized spacial score (nSPS) is 17.8. The Morgan fingerprint density at radius 2 is 2.27 bits per heavy atom. The van der Waals surface area contributed by atoms with Crippen molar-refractivity contribution in [1.82, 2.24) is 10.6 Å². The summed E-state index contributed by atoms with van der Waals surface area (Å²) in [6.45, 7) is 3.12. The van der Waals surface area contributed by atoms with Crippen LogP contribution in [0.15, 0.2) is 24.3 Å². The standard InChI is InChI=1S/C11H14N2O.BrH/c1-8(14)12-7-11-10-5-3-2-4-9(10)6-13-11;/h2-5,11,13H,6-7H2,1H3,(H,12,14);1H. The van der Waals surface area contributed by atoms with Crippen molar-refractivity contribution < 1.29 is 4.79 Å². The summed E-state index contributed by atoms with van der Waals surface area (Å²) in [5.74, 6) is 0.0242. The van der Waals surface area contributed by atoms with E-state index in [1.165, 1.54) is 11.1 Å². The molecule has 82 valence electrons. The fourth-order valence-corrected chi connectivity index (χ4v) is 1.81. The number of benzene rings is 1. The van der Waals surface area contributed by atoms with Gasteiger partial charge in [0.25, 0.3) is 0 Å². The molecule has 0 saturated heterocycles. The molecule has 3 nitrogen and oxygen atoms in total. The summed E-state index contributed by atoms with van der Waals surface area (Å²) in [6, 6.07) is 8.58. The third-order valence-corrected chi connectivity index (χ3v) is 2.52. The topological polar surface area (TPSA) is 41.1 Å². The van der Waals surface area contributed by atoms with E-state index in [1.54, 1.807) is 6.92 Å². The maximum atomic E-state index is 10.8. The molecule has 2 N–H and O–H groups in total. The van der Waals surface area contributed by atoms with Gasteiger partial charge >= 0.3 is 0 Å². The fraction of sp³-hybridized carbons (Fsp3) is 0.364. The summed E-state index contributed by atoms with van der Waals surface area (Å²) in [4.78, 5) is 10.8. The molecule has 15 heavy (non-hydrogen) atoms. The highest BCUT2D eigenvalue weighted by atomic mass is 79.9. The number of nitrogens with one attached hydrogen (secondary N) is 2. The van der Waals surface area contributed by atoms with Gasteiger partial charge < -0.3 is 10.6 Å². The molecule has 0 saturated carbocycles. The smallest absolute Gasteiger partial charge is 0.216 e. The minimum atomic E-state index is 0. The number of carbonyl (C=O) groups excluding carboxylic acids is 1. The number of amides is 1. The first-order valence-corrected chi connectivity index (χ1v) is 4.83. The molecule has 0 aromatic heterocycles. The monoisotopic (exact) mass is 270 g/mol. The number of halogens is 1. The molecule has 0 spiro atoms. The van der Waals surface area contributed by atoms with Gasteiger partial charge in [0.2, 0.25) is 5.91 Å². The molecule has 1 aliphatic heterocycles. The fourth-order valence-electron chi connectivity index (χ4n) is 1.81. The predicted octanol–water partition coefficient (Wildman–Crippen LogP) is 1.54. The summed E-state index contributed by atoms with van der Waals surface area (Å²) in [7, 11) is 0. The van der Waals surface area contributed by atoms with Gasteiger partial charge in [-0.2, -0.15) is 0 Å². The van der Waals surface area contributed by atoms with E-state index >= 15 is 0 Å². The lowest BCUT2D eigenvalue weighted by atomic mass is 10.1. The Bertz CT molecular complexity index is 354. The van der Waals surface area contributed by atoms with E-state index in [-0.39, 0.29) is 28.9 Å². The lowest BCUT2D eigenvalue weighted by Gasteiger charge is -2.11. The van der Waals surface area contributed by atoms with Crippen LogP contribution in [0.1, 0.15) is 24.1 Å². The first kappa shape index (κ1) is 12.2. The molecular formula is C11H15BrN2O. The zero-order valence-electron chi connectivity index (χ0n) is 8.62. The van der Waals surface area contributed by atoms with E-state index in [9.17, 15) is 4.79 Å². The SMILES string of the molecule is Br.CC(=O)NCC1NCc2ccccc21. The highest BCUT2D eigenvalue weighted by Gasteiger charge is 2.20. The lowest BCUT2D eigenvalue weighted by Crippen LogP contribution is -2.30. The van der Waals surface area contributed by atoms with Gasteiger partial charge in [-0.1, -0.05) is 24.3 Å². The van der Waals surface area contributed by atoms with E-state index in [0.29, 0.717) is 6.54 Å². The summed E-state index contributed by atoms with van der Waals surface area (Å²) >= 11 is 0. The minimum absolute atomic E-state index is 0. The van der Waals surface area contributed by atoms with Crippen LogP contribution in [-0.2, 0) is 11.3 Å². The van der Waals surface area contributed by atoms with E-state index in [4.69, 9.17) is 0 Å². The molecule has 0 aliphatic carbocycles. The maximum absolute atomic E-state index is 10.8. The molecule has 4 heteroatoms. The Morgan fingerprint density at radius 3 is 3.00 bits per heavy atom. The predicted molar refractivity (Wildman–Crippen MR) is 65.0 cm³/mol. The Balaban J connectivity index is 0.00000112. The van der Waals surface area contributed by atoms with E-state index in [0.717, 1.165) is 6.54 Å². The number of hydrogen-bond acceptors (Lipinski definition) is 2. The second-order valence-electron chi connectivity index (χ2n) is 3.57. The highest BCUT2D eigenvalue weighted by Crippen LogP contribution is 2.23. The molecule has 1 aliphatic rings. The average Bonchev–Trinajstić information content (AvgIpc) is 2.58. The minimum Gasteiger partial charge on any atom is -0.354 e. The van der Waals surface area contributed by atoms with Crippen LogP contribution in [0.3, 0.4) is 0 Å². The third kappa shape index (κ3) is 2.79. The summed E-state index contributed by atoms with van der Waals surface area (Å²) in [5, 5.41) is 6.19. The van der Waals surface area contributed by atoms with Gasteiger partial charge in [0.15, 0.2) is 0 Å². The van der Waals surface area contributed by atoms with Crippen LogP contribution in [0, 0.1) is 0 Å². The van der Waals surface area contributed by atoms with Crippen molar-refractivity contribution in [1.29, 1.82) is 0 Å². The van der Waals surface area contributed by atoms with Gasteiger partial charge in [-0.15, -0.1) is 17.0 Å². The second kappa shape index (κ2) is 5.28. The molecule has 1 aromatic carbocycles. The summed E-state index contributed by atoms with van der Waals surface area (Å²) in [6.07, 6.45) is 0. The van der Waals surface area contributed by atoms with Gasteiger partial charge in [0.1, 0.15) is 0 Å². The van der Waals surface area contributed by atoms with Crippen LogP contribution >= 0.6 is 17.0 Å². The van der Waals surface area contributed by atoms with Crippen molar-refractivity contribution in [2.45, 2.75) is 19.5 Å². The van der Waals surface area contributed by atoms with Crippen molar-refractivity contribution in [3.05, 3.63) is 35.4 Å². The zero-order chi connectivity index (χ0) is 9.97.